The van der Waals surface area contributed by atoms with Gasteiger partial charge in [0.15, 0.2) is 0 Å². The number of aliphatic hydroxyl groups is 1. The van der Waals surface area contributed by atoms with E-state index in [2.05, 4.69) is 5.32 Å². The van der Waals surface area contributed by atoms with E-state index in [4.69, 9.17) is 11.6 Å². The first-order valence-corrected chi connectivity index (χ1v) is 6.63. The SMILES string of the molecule is CC(CO)(NCc1cc([N+](=O)[O-])ccc1Cl)C1CC1. The second-order valence-electron chi connectivity index (χ2n) is 5.24. The maximum atomic E-state index is 10.7. The molecule has 5 nitrogen and oxygen atoms in total. The van der Waals surface area contributed by atoms with Crippen LogP contribution in [0.1, 0.15) is 25.3 Å². The highest BCUT2D eigenvalue weighted by Gasteiger charge is 2.40. The zero-order chi connectivity index (χ0) is 14.0. The van der Waals surface area contributed by atoms with E-state index >= 15 is 0 Å². The molecule has 0 heterocycles. The molecule has 1 fully saturated rings. The third kappa shape index (κ3) is 3.23. The van der Waals surface area contributed by atoms with Crippen molar-refractivity contribution in [3.8, 4) is 0 Å². The Morgan fingerprint density at radius 2 is 2.26 bits per heavy atom. The van der Waals surface area contributed by atoms with Gasteiger partial charge in [0.1, 0.15) is 0 Å². The van der Waals surface area contributed by atoms with Gasteiger partial charge in [0.25, 0.3) is 5.69 Å². The topological polar surface area (TPSA) is 75.4 Å². The Kier molecular flexibility index (Phi) is 4.08. The minimum atomic E-state index is -0.439. The normalized spacial score (nSPS) is 18.1. The van der Waals surface area contributed by atoms with Gasteiger partial charge in [0, 0.05) is 29.2 Å². The van der Waals surface area contributed by atoms with Crippen LogP contribution in [0.15, 0.2) is 18.2 Å². The van der Waals surface area contributed by atoms with Crippen LogP contribution < -0.4 is 5.32 Å². The van der Waals surface area contributed by atoms with Crippen molar-refractivity contribution in [2.45, 2.75) is 31.8 Å². The van der Waals surface area contributed by atoms with Gasteiger partial charge < -0.3 is 10.4 Å². The van der Waals surface area contributed by atoms with E-state index in [9.17, 15) is 15.2 Å². The molecular formula is C13H17ClN2O3. The number of aliphatic hydroxyl groups excluding tert-OH is 1. The molecular weight excluding hydrogens is 268 g/mol. The van der Waals surface area contributed by atoms with E-state index < -0.39 is 4.92 Å². The molecule has 1 aliphatic carbocycles. The van der Waals surface area contributed by atoms with Crippen LogP contribution in [0.3, 0.4) is 0 Å². The van der Waals surface area contributed by atoms with Crippen LogP contribution in [0, 0.1) is 16.0 Å². The maximum Gasteiger partial charge on any atom is 0.269 e. The van der Waals surface area contributed by atoms with Crippen molar-refractivity contribution in [2.75, 3.05) is 6.61 Å². The summed E-state index contributed by atoms with van der Waals surface area (Å²) in [4.78, 5) is 10.3. The average Bonchev–Trinajstić information content (AvgIpc) is 3.21. The third-order valence-electron chi connectivity index (χ3n) is 3.73. The molecule has 1 atom stereocenters. The number of nitrogens with one attached hydrogen (secondary N) is 1. The van der Waals surface area contributed by atoms with Crippen molar-refractivity contribution in [3.63, 3.8) is 0 Å². The zero-order valence-electron chi connectivity index (χ0n) is 10.7. The fraction of sp³-hybridized carbons (Fsp3) is 0.538. The molecule has 1 saturated carbocycles. The molecule has 1 aromatic rings. The first kappa shape index (κ1) is 14.2. The average molecular weight is 285 g/mol. The Labute approximate surface area is 116 Å². The van der Waals surface area contributed by atoms with Crippen LogP contribution in [0.4, 0.5) is 5.69 Å². The minimum Gasteiger partial charge on any atom is -0.394 e. The summed E-state index contributed by atoms with van der Waals surface area (Å²) in [5.74, 6) is 0.468. The molecule has 2 N–H and O–H groups in total. The zero-order valence-corrected chi connectivity index (χ0v) is 11.5. The number of nitro groups is 1. The molecule has 104 valence electrons. The van der Waals surface area contributed by atoms with E-state index in [1.807, 2.05) is 6.92 Å². The van der Waals surface area contributed by atoms with Crippen LogP contribution in [0.5, 0.6) is 0 Å². The predicted molar refractivity (Wildman–Crippen MR) is 73.2 cm³/mol. The molecule has 6 heteroatoms. The van der Waals surface area contributed by atoms with Crippen molar-refractivity contribution in [1.82, 2.24) is 5.32 Å². The fourth-order valence-corrected chi connectivity index (χ4v) is 2.34. The number of halogens is 1. The molecule has 0 saturated heterocycles. The molecule has 0 spiro atoms. The highest BCUT2D eigenvalue weighted by Crippen LogP contribution is 2.39. The van der Waals surface area contributed by atoms with E-state index in [0.717, 1.165) is 12.8 Å². The summed E-state index contributed by atoms with van der Waals surface area (Å²) in [6.07, 6.45) is 2.21. The van der Waals surface area contributed by atoms with Gasteiger partial charge in [-0.3, -0.25) is 10.1 Å². The van der Waals surface area contributed by atoms with E-state index in [-0.39, 0.29) is 17.8 Å². The number of non-ortho nitro benzene ring substituents is 1. The summed E-state index contributed by atoms with van der Waals surface area (Å²) in [6, 6.07) is 4.39. The third-order valence-corrected chi connectivity index (χ3v) is 4.10. The second-order valence-corrected chi connectivity index (χ2v) is 5.64. The van der Waals surface area contributed by atoms with Gasteiger partial charge in [-0.15, -0.1) is 0 Å². The van der Waals surface area contributed by atoms with Gasteiger partial charge in [0.2, 0.25) is 0 Å². The summed E-state index contributed by atoms with van der Waals surface area (Å²) in [7, 11) is 0. The second kappa shape index (κ2) is 5.45. The van der Waals surface area contributed by atoms with Gasteiger partial charge in [0.05, 0.1) is 11.5 Å². The standard InChI is InChI=1S/C13H17ClN2O3/c1-13(8-17,10-2-3-10)15-7-9-6-11(16(18)19)4-5-12(9)14/h4-6,10,15,17H,2-3,7-8H2,1H3. The van der Waals surface area contributed by atoms with E-state index in [1.54, 1.807) is 0 Å². The molecule has 0 radical (unpaired) electrons. The Morgan fingerprint density at radius 1 is 1.58 bits per heavy atom. The smallest absolute Gasteiger partial charge is 0.269 e. The number of rotatable bonds is 6. The predicted octanol–water partition coefficient (Wildman–Crippen LogP) is 2.50. The molecule has 1 unspecified atom stereocenters. The number of hydrogen-bond acceptors (Lipinski definition) is 4. The summed E-state index contributed by atoms with van der Waals surface area (Å²) < 4.78 is 0. The molecule has 19 heavy (non-hydrogen) atoms. The largest absolute Gasteiger partial charge is 0.394 e. The first-order valence-electron chi connectivity index (χ1n) is 6.25. The molecule has 0 bridgehead atoms. The molecule has 0 aromatic heterocycles. The van der Waals surface area contributed by atoms with Crippen molar-refractivity contribution >= 4 is 17.3 Å². The summed E-state index contributed by atoms with van der Waals surface area (Å²) in [5.41, 5.74) is 0.364. The number of hydrogen-bond donors (Lipinski definition) is 2. The lowest BCUT2D eigenvalue weighted by Gasteiger charge is -2.29. The summed E-state index contributed by atoms with van der Waals surface area (Å²) in [6.45, 7) is 2.42. The first-order chi connectivity index (χ1) is 8.96. The Hall–Kier alpha value is -1.17. The van der Waals surface area contributed by atoms with Gasteiger partial charge in [-0.1, -0.05) is 11.6 Å². The summed E-state index contributed by atoms with van der Waals surface area (Å²) >= 11 is 6.04. The number of nitrogens with zero attached hydrogens (tertiary/aromatic N) is 1. The number of benzene rings is 1. The van der Waals surface area contributed by atoms with E-state index in [1.165, 1.54) is 18.2 Å². The highest BCUT2D eigenvalue weighted by molar-refractivity contribution is 6.31. The monoisotopic (exact) mass is 284 g/mol. The van der Waals surface area contributed by atoms with E-state index in [0.29, 0.717) is 23.0 Å². The van der Waals surface area contributed by atoms with Crippen LogP contribution in [-0.4, -0.2) is 22.2 Å². The lowest BCUT2D eigenvalue weighted by molar-refractivity contribution is -0.384. The number of nitro benzene ring substituents is 1. The Bertz CT molecular complexity index is 491. The molecule has 2 rings (SSSR count). The van der Waals surface area contributed by atoms with Crippen molar-refractivity contribution in [3.05, 3.63) is 38.9 Å². The quantitative estimate of drug-likeness (QED) is 0.622. The van der Waals surface area contributed by atoms with Crippen molar-refractivity contribution in [2.24, 2.45) is 5.92 Å². The molecule has 1 aliphatic rings. The van der Waals surface area contributed by atoms with Crippen LogP contribution >= 0.6 is 11.6 Å². The highest BCUT2D eigenvalue weighted by atomic mass is 35.5. The summed E-state index contributed by atoms with van der Waals surface area (Å²) in [5, 5.41) is 24.0. The van der Waals surface area contributed by atoms with Crippen LogP contribution in [0.2, 0.25) is 5.02 Å². The Balaban J connectivity index is 2.10. The molecule has 0 aliphatic heterocycles. The van der Waals surface area contributed by atoms with Crippen molar-refractivity contribution in [1.29, 1.82) is 0 Å². The van der Waals surface area contributed by atoms with Crippen molar-refractivity contribution < 1.29 is 10.0 Å². The maximum absolute atomic E-state index is 10.7. The van der Waals surface area contributed by atoms with Gasteiger partial charge in [-0.2, -0.15) is 0 Å². The molecule has 1 aromatic carbocycles. The lowest BCUT2D eigenvalue weighted by Crippen LogP contribution is -2.47. The Morgan fingerprint density at radius 3 is 2.79 bits per heavy atom. The minimum absolute atomic E-state index is 0.0262. The fourth-order valence-electron chi connectivity index (χ4n) is 2.16. The lowest BCUT2D eigenvalue weighted by atomic mass is 9.96. The van der Waals surface area contributed by atoms with Crippen LogP contribution in [0.25, 0.3) is 0 Å². The van der Waals surface area contributed by atoms with Gasteiger partial charge in [-0.05, 0) is 37.3 Å². The van der Waals surface area contributed by atoms with Gasteiger partial charge >= 0.3 is 0 Å². The van der Waals surface area contributed by atoms with Gasteiger partial charge in [-0.25, -0.2) is 0 Å². The molecule has 0 amide bonds. The van der Waals surface area contributed by atoms with Crippen LogP contribution in [-0.2, 0) is 6.54 Å².